The molecule has 0 N–H and O–H groups in total. The second-order valence-corrected chi connectivity index (χ2v) is 5.46. The van der Waals surface area contributed by atoms with Crippen molar-refractivity contribution in [2.45, 2.75) is 33.0 Å². The van der Waals surface area contributed by atoms with Gasteiger partial charge < -0.3 is 14.1 Å². The molecule has 0 bridgehead atoms. The topological polar surface area (TPSA) is 38.5 Å². The van der Waals surface area contributed by atoms with Crippen molar-refractivity contribution in [3.05, 3.63) is 36.4 Å². The first-order valence-corrected chi connectivity index (χ1v) is 7.04. The molecule has 3 rings (SSSR count). The first-order chi connectivity index (χ1) is 9.63. The molecule has 0 saturated carbocycles. The molecule has 2 atom stereocenters. The van der Waals surface area contributed by atoms with Crippen LogP contribution in [0.2, 0.25) is 0 Å². The molecule has 4 heteroatoms. The first kappa shape index (κ1) is 13.2. The van der Waals surface area contributed by atoms with E-state index in [2.05, 4.69) is 29.8 Å². The number of morpholine rings is 1. The molecule has 4 nitrogen and oxygen atoms in total. The molecule has 0 aromatic carbocycles. The van der Waals surface area contributed by atoms with E-state index in [-0.39, 0.29) is 12.2 Å². The number of hydrogen-bond donors (Lipinski definition) is 0. The minimum atomic E-state index is 0.236. The van der Waals surface area contributed by atoms with Gasteiger partial charge in [0, 0.05) is 24.8 Å². The van der Waals surface area contributed by atoms with Crippen LogP contribution in [0.3, 0.4) is 0 Å². The Labute approximate surface area is 119 Å². The van der Waals surface area contributed by atoms with Crippen molar-refractivity contribution in [3.8, 4) is 11.1 Å². The minimum Gasteiger partial charge on any atom is -0.469 e. The molecule has 20 heavy (non-hydrogen) atoms. The van der Waals surface area contributed by atoms with Crippen molar-refractivity contribution in [2.24, 2.45) is 0 Å². The maximum atomic E-state index is 5.78. The number of hydrogen-bond acceptors (Lipinski definition) is 4. The molecule has 1 aliphatic rings. The molecule has 3 heterocycles. The van der Waals surface area contributed by atoms with Gasteiger partial charge in [-0.15, -0.1) is 0 Å². The summed E-state index contributed by atoms with van der Waals surface area (Å²) in [4.78, 5) is 6.80. The highest BCUT2D eigenvalue weighted by atomic mass is 16.5. The number of aromatic nitrogens is 1. The summed E-state index contributed by atoms with van der Waals surface area (Å²) < 4.78 is 11.2. The largest absolute Gasteiger partial charge is 0.469 e. The molecular formula is C16H20N2O2. The Balaban J connectivity index is 1.90. The third kappa shape index (κ3) is 2.56. The second-order valence-electron chi connectivity index (χ2n) is 5.46. The minimum absolute atomic E-state index is 0.236. The van der Waals surface area contributed by atoms with E-state index in [1.54, 1.807) is 6.26 Å². The SMILES string of the molecule is Cc1occc1-c1ccnc(N2C[C@@H](C)O[C@@H](C)C2)c1. The lowest BCUT2D eigenvalue weighted by Crippen LogP contribution is -2.45. The second kappa shape index (κ2) is 5.29. The zero-order chi connectivity index (χ0) is 14.1. The fourth-order valence-corrected chi connectivity index (χ4v) is 2.81. The van der Waals surface area contributed by atoms with Crippen molar-refractivity contribution in [1.82, 2.24) is 4.98 Å². The zero-order valence-electron chi connectivity index (χ0n) is 12.2. The maximum Gasteiger partial charge on any atom is 0.129 e. The summed E-state index contributed by atoms with van der Waals surface area (Å²) in [5, 5.41) is 0. The van der Waals surface area contributed by atoms with E-state index < -0.39 is 0 Å². The lowest BCUT2D eigenvalue weighted by molar-refractivity contribution is -0.00545. The highest BCUT2D eigenvalue weighted by Gasteiger charge is 2.23. The van der Waals surface area contributed by atoms with Gasteiger partial charge in [0.2, 0.25) is 0 Å². The van der Waals surface area contributed by atoms with Gasteiger partial charge in [0.15, 0.2) is 0 Å². The van der Waals surface area contributed by atoms with Gasteiger partial charge >= 0.3 is 0 Å². The Morgan fingerprint density at radius 2 is 1.95 bits per heavy atom. The number of anilines is 1. The summed E-state index contributed by atoms with van der Waals surface area (Å²) in [6.07, 6.45) is 4.06. The zero-order valence-corrected chi connectivity index (χ0v) is 12.2. The molecule has 2 aromatic rings. The predicted octanol–water partition coefficient (Wildman–Crippen LogP) is 3.26. The monoisotopic (exact) mass is 272 g/mol. The van der Waals surface area contributed by atoms with Gasteiger partial charge in [-0.2, -0.15) is 0 Å². The Hall–Kier alpha value is -1.81. The van der Waals surface area contributed by atoms with E-state index in [0.717, 1.165) is 35.8 Å². The Bertz CT molecular complexity index is 584. The fraction of sp³-hybridized carbons (Fsp3) is 0.438. The number of aryl methyl sites for hydroxylation is 1. The van der Waals surface area contributed by atoms with Crippen molar-refractivity contribution >= 4 is 5.82 Å². The van der Waals surface area contributed by atoms with Crippen molar-refractivity contribution in [2.75, 3.05) is 18.0 Å². The third-order valence-corrected chi connectivity index (χ3v) is 3.66. The summed E-state index contributed by atoms with van der Waals surface area (Å²) in [6, 6.07) is 6.15. The highest BCUT2D eigenvalue weighted by Crippen LogP contribution is 2.27. The summed E-state index contributed by atoms with van der Waals surface area (Å²) in [7, 11) is 0. The van der Waals surface area contributed by atoms with E-state index in [4.69, 9.17) is 9.15 Å². The van der Waals surface area contributed by atoms with E-state index in [1.807, 2.05) is 25.3 Å². The van der Waals surface area contributed by atoms with Crippen LogP contribution in [0.4, 0.5) is 5.82 Å². The van der Waals surface area contributed by atoms with Crippen LogP contribution >= 0.6 is 0 Å². The van der Waals surface area contributed by atoms with Gasteiger partial charge in [-0.05, 0) is 44.5 Å². The lowest BCUT2D eigenvalue weighted by atomic mass is 10.1. The third-order valence-electron chi connectivity index (χ3n) is 3.66. The molecule has 0 amide bonds. The smallest absolute Gasteiger partial charge is 0.129 e. The molecule has 1 aliphatic heterocycles. The maximum absolute atomic E-state index is 5.78. The van der Waals surface area contributed by atoms with Gasteiger partial charge in [-0.3, -0.25) is 0 Å². The van der Waals surface area contributed by atoms with Crippen molar-refractivity contribution in [1.29, 1.82) is 0 Å². The molecule has 0 unspecified atom stereocenters. The number of pyridine rings is 1. The number of furan rings is 1. The van der Waals surface area contributed by atoms with E-state index in [1.165, 1.54) is 0 Å². The number of ether oxygens (including phenoxy) is 1. The number of nitrogens with zero attached hydrogens (tertiary/aromatic N) is 2. The van der Waals surface area contributed by atoms with Gasteiger partial charge in [0.25, 0.3) is 0 Å². The molecule has 0 radical (unpaired) electrons. The first-order valence-electron chi connectivity index (χ1n) is 7.04. The Morgan fingerprint density at radius 1 is 1.20 bits per heavy atom. The van der Waals surface area contributed by atoms with Crippen LogP contribution < -0.4 is 4.90 Å². The van der Waals surface area contributed by atoms with Crippen LogP contribution in [0.5, 0.6) is 0 Å². The molecule has 106 valence electrons. The van der Waals surface area contributed by atoms with Crippen LogP contribution in [-0.4, -0.2) is 30.3 Å². The molecular weight excluding hydrogens is 252 g/mol. The van der Waals surface area contributed by atoms with E-state index in [0.29, 0.717) is 0 Å². The summed E-state index contributed by atoms with van der Waals surface area (Å²) in [6.45, 7) is 7.95. The molecule has 1 fully saturated rings. The summed E-state index contributed by atoms with van der Waals surface area (Å²) in [5.74, 6) is 1.94. The van der Waals surface area contributed by atoms with Gasteiger partial charge in [0.05, 0.1) is 18.5 Å². The average molecular weight is 272 g/mol. The van der Waals surface area contributed by atoms with E-state index >= 15 is 0 Å². The lowest BCUT2D eigenvalue weighted by Gasteiger charge is -2.36. The quantitative estimate of drug-likeness (QED) is 0.841. The predicted molar refractivity (Wildman–Crippen MR) is 78.9 cm³/mol. The van der Waals surface area contributed by atoms with Crippen molar-refractivity contribution in [3.63, 3.8) is 0 Å². The standard InChI is InChI=1S/C16H20N2O2/c1-11-9-18(10-12(2)20-11)16-8-14(4-6-17-16)15-5-7-19-13(15)3/h4-8,11-12H,9-10H2,1-3H3/t11-,12+. The normalized spacial score (nSPS) is 23.1. The van der Waals surface area contributed by atoms with Crippen LogP contribution in [-0.2, 0) is 4.74 Å². The van der Waals surface area contributed by atoms with Crippen LogP contribution in [0.1, 0.15) is 19.6 Å². The van der Waals surface area contributed by atoms with Gasteiger partial charge in [0.1, 0.15) is 11.6 Å². The fourth-order valence-electron chi connectivity index (χ4n) is 2.81. The molecule has 0 spiro atoms. The molecule has 1 saturated heterocycles. The van der Waals surface area contributed by atoms with Gasteiger partial charge in [-0.25, -0.2) is 4.98 Å². The summed E-state index contributed by atoms with van der Waals surface area (Å²) >= 11 is 0. The Morgan fingerprint density at radius 3 is 2.60 bits per heavy atom. The van der Waals surface area contributed by atoms with Crippen molar-refractivity contribution < 1.29 is 9.15 Å². The van der Waals surface area contributed by atoms with Crippen LogP contribution in [0.15, 0.2) is 35.1 Å². The van der Waals surface area contributed by atoms with Gasteiger partial charge in [-0.1, -0.05) is 0 Å². The van der Waals surface area contributed by atoms with E-state index in [9.17, 15) is 0 Å². The highest BCUT2D eigenvalue weighted by molar-refractivity contribution is 5.68. The van der Waals surface area contributed by atoms with Crippen LogP contribution in [0, 0.1) is 6.92 Å². The number of rotatable bonds is 2. The van der Waals surface area contributed by atoms with Crippen LogP contribution in [0.25, 0.3) is 11.1 Å². The summed E-state index contributed by atoms with van der Waals surface area (Å²) in [5.41, 5.74) is 2.27. The molecule has 2 aromatic heterocycles. The molecule has 0 aliphatic carbocycles. The Kier molecular flexibility index (Phi) is 3.49. The average Bonchev–Trinajstić information content (AvgIpc) is 2.84.